The molecule has 0 saturated carbocycles. The van der Waals surface area contributed by atoms with Crippen LogP contribution in [0.4, 0.5) is 0 Å². The van der Waals surface area contributed by atoms with Gasteiger partial charge in [-0.15, -0.1) is 0 Å². The molecule has 0 aromatic heterocycles. The van der Waals surface area contributed by atoms with Gasteiger partial charge in [0.05, 0.1) is 14.2 Å². The summed E-state index contributed by atoms with van der Waals surface area (Å²) >= 11 is 0. The van der Waals surface area contributed by atoms with Crippen LogP contribution in [0.25, 0.3) is 0 Å². The van der Waals surface area contributed by atoms with Gasteiger partial charge in [-0.05, 0) is 25.7 Å². The maximum Gasteiger partial charge on any atom is 0.226 e. The maximum atomic E-state index is 10.6. The van der Waals surface area contributed by atoms with Crippen LogP contribution in [0.1, 0.15) is 51.4 Å². The van der Waals surface area contributed by atoms with E-state index in [1.165, 1.54) is 14.2 Å². The van der Waals surface area contributed by atoms with E-state index in [0.717, 1.165) is 25.7 Å². The summed E-state index contributed by atoms with van der Waals surface area (Å²) in [5.74, 6) is 0.355. The lowest BCUT2D eigenvalue weighted by Gasteiger charge is -2.02. The van der Waals surface area contributed by atoms with Gasteiger partial charge in [0.25, 0.3) is 0 Å². The van der Waals surface area contributed by atoms with Gasteiger partial charge in [-0.1, -0.05) is 0 Å². The second-order valence-electron chi connectivity index (χ2n) is 4.64. The molecule has 1 heterocycles. The maximum absolute atomic E-state index is 10.6. The number of unbranched alkanes of at least 4 members (excludes halogenated alkanes) is 1. The SMILES string of the molecule is COC(=N)CCCCC(=N)OC.O=C1CCCCC(=O)N1. The zero-order valence-corrected chi connectivity index (χ0v) is 12.8. The molecule has 21 heavy (non-hydrogen) atoms. The minimum Gasteiger partial charge on any atom is -0.484 e. The average Bonchev–Trinajstić information content (AvgIpc) is 2.66. The van der Waals surface area contributed by atoms with Gasteiger partial charge < -0.3 is 9.47 Å². The minimum atomic E-state index is -0.127. The van der Waals surface area contributed by atoms with Crippen LogP contribution in [0.3, 0.4) is 0 Å². The second-order valence-corrected chi connectivity index (χ2v) is 4.64. The average molecular weight is 299 g/mol. The van der Waals surface area contributed by atoms with Crippen LogP contribution >= 0.6 is 0 Å². The van der Waals surface area contributed by atoms with Crippen LogP contribution in [-0.2, 0) is 19.1 Å². The number of hydrogen-bond donors (Lipinski definition) is 3. The lowest BCUT2D eigenvalue weighted by atomic mass is 10.2. The van der Waals surface area contributed by atoms with E-state index in [4.69, 9.17) is 10.8 Å². The van der Waals surface area contributed by atoms with Crippen molar-refractivity contribution in [2.45, 2.75) is 51.4 Å². The van der Waals surface area contributed by atoms with Crippen molar-refractivity contribution in [2.24, 2.45) is 0 Å². The molecule has 0 radical (unpaired) electrons. The molecule has 120 valence electrons. The van der Waals surface area contributed by atoms with E-state index in [1.807, 2.05) is 0 Å². The molecular formula is C14H25N3O4. The zero-order valence-electron chi connectivity index (χ0n) is 12.8. The summed E-state index contributed by atoms with van der Waals surface area (Å²) in [6.07, 6.45) is 5.74. The van der Waals surface area contributed by atoms with Crippen molar-refractivity contribution in [3.63, 3.8) is 0 Å². The Bertz CT molecular complexity index is 335. The number of methoxy groups -OCH3 is 2. The number of rotatable bonds is 5. The van der Waals surface area contributed by atoms with E-state index in [9.17, 15) is 9.59 Å². The standard InChI is InChI=1S/C8H16N2O2.C6H9NO2/c1-11-7(9)5-3-4-6-8(10)12-2;8-5-3-1-2-4-6(9)7-5/h9-10H,3-6H2,1-2H3;1-4H2,(H,7,8,9). The van der Waals surface area contributed by atoms with Crippen LogP contribution < -0.4 is 5.32 Å². The van der Waals surface area contributed by atoms with Crippen molar-refractivity contribution < 1.29 is 19.1 Å². The highest BCUT2D eigenvalue weighted by molar-refractivity contribution is 5.95. The monoisotopic (exact) mass is 299 g/mol. The van der Waals surface area contributed by atoms with Crippen LogP contribution in [0.15, 0.2) is 0 Å². The number of amides is 2. The van der Waals surface area contributed by atoms with Gasteiger partial charge in [0.2, 0.25) is 11.8 Å². The highest BCUT2D eigenvalue weighted by atomic mass is 16.5. The molecule has 1 rings (SSSR count). The number of nitrogens with one attached hydrogen (secondary N) is 3. The van der Waals surface area contributed by atoms with E-state index >= 15 is 0 Å². The van der Waals surface area contributed by atoms with E-state index in [1.54, 1.807) is 0 Å². The molecule has 0 aromatic carbocycles. The van der Waals surface area contributed by atoms with Crippen molar-refractivity contribution in [3.05, 3.63) is 0 Å². The van der Waals surface area contributed by atoms with E-state index in [2.05, 4.69) is 14.8 Å². The van der Waals surface area contributed by atoms with Crippen molar-refractivity contribution in [2.75, 3.05) is 14.2 Å². The zero-order chi connectivity index (χ0) is 16.1. The van der Waals surface area contributed by atoms with Gasteiger partial charge in [-0.3, -0.25) is 25.7 Å². The molecule has 0 atom stereocenters. The molecule has 1 aliphatic heterocycles. The van der Waals surface area contributed by atoms with Gasteiger partial charge in [0.15, 0.2) is 11.8 Å². The van der Waals surface area contributed by atoms with Gasteiger partial charge in [0, 0.05) is 25.7 Å². The first-order valence-corrected chi connectivity index (χ1v) is 7.05. The first-order valence-electron chi connectivity index (χ1n) is 7.05. The quantitative estimate of drug-likeness (QED) is 0.312. The largest absolute Gasteiger partial charge is 0.484 e. The lowest BCUT2D eigenvalue weighted by Crippen LogP contribution is -2.27. The van der Waals surface area contributed by atoms with Gasteiger partial charge in [-0.2, -0.15) is 0 Å². The molecule has 1 aliphatic rings. The van der Waals surface area contributed by atoms with Crippen LogP contribution in [0.2, 0.25) is 0 Å². The van der Waals surface area contributed by atoms with Crippen molar-refractivity contribution >= 4 is 23.6 Å². The molecule has 0 unspecified atom stereocenters. The Morgan fingerprint density at radius 2 is 1.33 bits per heavy atom. The number of imide groups is 1. The molecule has 3 N–H and O–H groups in total. The fraction of sp³-hybridized carbons (Fsp3) is 0.714. The Balaban J connectivity index is 0.000000394. The predicted octanol–water partition coefficient (Wildman–Crippen LogP) is 2.00. The Morgan fingerprint density at radius 3 is 1.67 bits per heavy atom. The van der Waals surface area contributed by atoms with Crippen molar-refractivity contribution in [1.29, 1.82) is 10.8 Å². The fourth-order valence-electron chi connectivity index (χ4n) is 1.63. The second kappa shape index (κ2) is 11.9. The molecule has 0 aliphatic carbocycles. The lowest BCUT2D eigenvalue weighted by molar-refractivity contribution is -0.129. The topological polar surface area (TPSA) is 112 Å². The third-order valence-corrected chi connectivity index (χ3v) is 2.89. The van der Waals surface area contributed by atoms with Crippen LogP contribution in [0, 0.1) is 10.8 Å². The Hall–Kier alpha value is -1.92. The fourth-order valence-corrected chi connectivity index (χ4v) is 1.63. The number of carbonyl (C=O) groups excluding carboxylic acids is 2. The summed E-state index contributed by atoms with van der Waals surface area (Å²) < 4.78 is 9.36. The molecule has 1 fully saturated rings. The molecule has 2 amide bonds. The minimum absolute atomic E-state index is 0.127. The Morgan fingerprint density at radius 1 is 0.952 bits per heavy atom. The summed E-state index contributed by atoms with van der Waals surface area (Å²) in [6, 6.07) is 0. The summed E-state index contributed by atoms with van der Waals surface area (Å²) in [4.78, 5) is 21.1. The van der Waals surface area contributed by atoms with Gasteiger partial charge in [0.1, 0.15) is 0 Å². The molecular weight excluding hydrogens is 274 g/mol. The molecule has 1 saturated heterocycles. The Labute approximate surface area is 125 Å². The predicted molar refractivity (Wildman–Crippen MR) is 79.6 cm³/mol. The normalized spacial score (nSPS) is 14.2. The summed E-state index contributed by atoms with van der Waals surface area (Å²) in [6.45, 7) is 0. The van der Waals surface area contributed by atoms with E-state index in [0.29, 0.717) is 37.5 Å². The number of hydrogen-bond acceptors (Lipinski definition) is 6. The molecule has 0 spiro atoms. The van der Waals surface area contributed by atoms with E-state index in [-0.39, 0.29) is 11.8 Å². The number of carbonyl (C=O) groups is 2. The van der Waals surface area contributed by atoms with Gasteiger partial charge >= 0.3 is 0 Å². The van der Waals surface area contributed by atoms with Crippen molar-refractivity contribution in [1.82, 2.24) is 5.32 Å². The smallest absolute Gasteiger partial charge is 0.226 e. The third-order valence-electron chi connectivity index (χ3n) is 2.89. The molecule has 0 aromatic rings. The summed E-state index contributed by atoms with van der Waals surface area (Å²) in [5.41, 5.74) is 0. The van der Waals surface area contributed by atoms with Crippen LogP contribution in [0.5, 0.6) is 0 Å². The van der Waals surface area contributed by atoms with E-state index < -0.39 is 0 Å². The highest BCUT2D eigenvalue weighted by Crippen LogP contribution is 2.03. The Kier molecular flexibility index (Phi) is 10.8. The highest BCUT2D eigenvalue weighted by Gasteiger charge is 2.11. The third kappa shape index (κ3) is 11.6. The van der Waals surface area contributed by atoms with Crippen LogP contribution in [-0.4, -0.2) is 37.8 Å². The number of ether oxygens (including phenoxy) is 2. The summed E-state index contributed by atoms with van der Waals surface area (Å²) in [7, 11) is 3.00. The molecule has 0 bridgehead atoms. The first kappa shape index (κ1) is 19.1. The van der Waals surface area contributed by atoms with Crippen molar-refractivity contribution in [3.8, 4) is 0 Å². The first-order chi connectivity index (χ1) is 9.99. The molecule has 7 heteroatoms. The van der Waals surface area contributed by atoms with Gasteiger partial charge in [-0.25, -0.2) is 0 Å². The molecule has 7 nitrogen and oxygen atoms in total. The summed E-state index contributed by atoms with van der Waals surface area (Å²) in [5, 5.41) is 16.6.